The molecule has 1 aromatic rings. The molecule has 0 saturated carbocycles. The maximum absolute atomic E-state index is 13.0. The number of carbonyl (C=O) groups excluding carboxylic acids is 3. The third kappa shape index (κ3) is 7.89. The minimum Gasteiger partial charge on any atom is -0.456 e. The van der Waals surface area contributed by atoms with Crippen LogP contribution in [0.1, 0.15) is 54.0 Å². The lowest BCUT2D eigenvalue weighted by molar-refractivity contribution is -0.153. The third-order valence-corrected chi connectivity index (χ3v) is 4.70. The maximum atomic E-state index is 13.0. The van der Waals surface area contributed by atoms with Gasteiger partial charge in [-0.05, 0) is 65.7 Å². The number of esters is 1. The van der Waals surface area contributed by atoms with Gasteiger partial charge in [0.2, 0.25) is 0 Å². The Bertz CT molecular complexity index is 826. The van der Waals surface area contributed by atoms with Crippen LogP contribution in [-0.2, 0) is 30.2 Å². The number of hydrogen-bond donors (Lipinski definition) is 0. The number of amides is 1. The molecule has 0 unspecified atom stereocenters. The lowest BCUT2D eigenvalue weighted by Crippen LogP contribution is -2.45. The van der Waals surface area contributed by atoms with Crippen molar-refractivity contribution in [1.82, 2.24) is 4.90 Å². The number of likely N-dealkylation sites (tertiary alicyclic amines) is 1. The molecule has 1 heterocycles. The van der Waals surface area contributed by atoms with Crippen molar-refractivity contribution in [2.75, 3.05) is 6.54 Å². The van der Waals surface area contributed by atoms with Crippen LogP contribution < -0.4 is 0 Å². The number of rotatable bonds is 4. The van der Waals surface area contributed by atoms with E-state index in [0.717, 1.165) is 5.56 Å². The van der Waals surface area contributed by atoms with Crippen LogP contribution >= 0.6 is 11.6 Å². The van der Waals surface area contributed by atoms with E-state index in [9.17, 15) is 14.4 Å². The summed E-state index contributed by atoms with van der Waals surface area (Å²) >= 11 is 5.99. The Labute approximate surface area is 194 Å². The fourth-order valence-corrected chi connectivity index (χ4v) is 3.45. The van der Waals surface area contributed by atoms with E-state index in [2.05, 4.69) is 0 Å². The van der Waals surface area contributed by atoms with Crippen molar-refractivity contribution in [1.29, 1.82) is 0 Å². The van der Waals surface area contributed by atoms with E-state index >= 15 is 0 Å². The molecule has 0 aromatic heterocycles. The number of benzene rings is 1. The Balaban J connectivity index is 2.35. The van der Waals surface area contributed by atoms with E-state index in [1.165, 1.54) is 11.8 Å². The predicted octanol–water partition coefficient (Wildman–Crippen LogP) is 4.75. The number of ether oxygens (including phenoxy) is 4. The summed E-state index contributed by atoms with van der Waals surface area (Å²) in [4.78, 5) is 38.6. The van der Waals surface area contributed by atoms with Crippen LogP contribution in [-0.4, -0.2) is 59.1 Å². The van der Waals surface area contributed by atoms with Gasteiger partial charge in [0.05, 0.1) is 12.6 Å². The van der Waals surface area contributed by atoms with E-state index in [0.29, 0.717) is 11.4 Å². The summed E-state index contributed by atoms with van der Waals surface area (Å²) < 4.78 is 21.8. The Morgan fingerprint density at radius 2 is 1.53 bits per heavy atom. The summed E-state index contributed by atoms with van der Waals surface area (Å²) in [6.45, 7) is 11.7. The van der Waals surface area contributed by atoms with Crippen LogP contribution in [0.5, 0.6) is 0 Å². The molecule has 2 rings (SSSR count). The quantitative estimate of drug-likeness (QED) is 0.464. The highest BCUT2D eigenvalue weighted by atomic mass is 35.5. The van der Waals surface area contributed by atoms with E-state index in [1.54, 1.807) is 53.7 Å². The fourth-order valence-electron chi connectivity index (χ4n) is 3.33. The molecule has 0 N–H and O–H groups in total. The molecule has 0 bridgehead atoms. The van der Waals surface area contributed by atoms with Crippen molar-refractivity contribution >= 4 is 29.8 Å². The monoisotopic (exact) mass is 469 g/mol. The van der Waals surface area contributed by atoms with Gasteiger partial charge in [0.25, 0.3) is 0 Å². The van der Waals surface area contributed by atoms with Gasteiger partial charge in [0.15, 0.2) is 12.2 Å². The summed E-state index contributed by atoms with van der Waals surface area (Å²) in [5.41, 5.74) is -0.633. The lowest BCUT2D eigenvalue weighted by Gasteiger charge is -2.30. The summed E-state index contributed by atoms with van der Waals surface area (Å²) in [6, 6.07) is 6.49. The second-order valence-corrected chi connectivity index (χ2v) is 10.2. The molecule has 1 aliphatic heterocycles. The average molecular weight is 470 g/mol. The first-order chi connectivity index (χ1) is 14.6. The van der Waals surface area contributed by atoms with Crippen molar-refractivity contribution < 1.29 is 33.3 Å². The molecule has 1 fully saturated rings. The van der Waals surface area contributed by atoms with Gasteiger partial charge in [-0.15, -0.1) is 0 Å². The standard InChI is InChI=1S/C23H32ClNO7/c1-14(26)29-19-17(12-15-8-10-16(24)11-9-15)25(20(27)31-22(2,3)4)13-18(19)30-21(28)32-23(5,6)7/h8-11,17-19H,12-13H2,1-7H3/t17-,18+,19+/m1/s1. The summed E-state index contributed by atoms with van der Waals surface area (Å²) in [7, 11) is 0. The largest absolute Gasteiger partial charge is 0.509 e. The molecular weight excluding hydrogens is 438 g/mol. The summed E-state index contributed by atoms with van der Waals surface area (Å²) in [5, 5.41) is 0.576. The molecule has 8 nitrogen and oxygen atoms in total. The Morgan fingerprint density at radius 1 is 0.969 bits per heavy atom. The van der Waals surface area contributed by atoms with Crippen LogP contribution in [0.2, 0.25) is 5.02 Å². The van der Waals surface area contributed by atoms with Crippen LogP contribution in [0.4, 0.5) is 9.59 Å². The minimum absolute atomic E-state index is 0.00956. The van der Waals surface area contributed by atoms with Crippen molar-refractivity contribution in [2.24, 2.45) is 0 Å². The third-order valence-electron chi connectivity index (χ3n) is 4.45. The van der Waals surface area contributed by atoms with Gasteiger partial charge in [-0.2, -0.15) is 0 Å². The number of carbonyl (C=O) groups is 3. The van der Waals surface area contributed by atoms with E-state index in [-0.39, 0.29) is 6.54 Å². The van der Waals surface area contributed by atoms with Gasteiger partial charge in [0, 0.05) is 11.9 Å². The molecular formula is C23H32ClNO7. The zero-order valence-corrected chi connectivity index (χ0v) is 20.4. The molecule has 3 atom stereocenters. The number of hydrogen-bond acceptors (Lipinski definition) is 7. The Morgan fingerprint density at radius 3 is 2.03 bits per heavy atom. The van der Waals surface area contributed by atoms with Crippen LogP contribution in [0.15, 0.2) is 24.3 Å². The summed E-state index contributed by atoms with van der Waals surface area (Å²) in [6.07, 6.45) is -2.98. The number of halogens is 1. The predicted molar refractivity (Wildman–Crippen MR) is 119 cm³/mol. The van der Waals surface area contributed by atoms with Crippen LogP contribution in [0.3, 0.4) is 0 Å². The first kappa shape index (κ1) is 25.8. The van der Waals surface area contributed by atoms with E-state index in [4.69, 9.17) is 30.5 Å². The van der Waals surface area contributed by atoms with Gasteiger partial charge in [-0.25, -0.2) is 9.59 Å². The topological polar surface area (TPSA) is 91.4 Å². The molecule has 1 amide bonds. The highest BCUT2D eigenvalue weighted by molar-refractivity contribution is 6.30. The van der Waals surface area contributed by atoms with Crippen LogP contribution in [0.25, 0.3) is 0 Å². The molecule has 0 aliphatic carbocycles. The van der Waals surface area contributed by atoms with Gasteiger partial charge < -0.3 is 18.9 Å². The van der Waals surface area contributed by atoms with Gasteiger partial charge in [-0.1, -0.05) is 23.7 Å². The Kier molecular flexibility index (Phi) is 8.04. The van der Waals surface area contributed by atoms with E-state index < -0.39 is 47.7 Å². The molecule has 0 radical (unpaired) electrons. The van der Waals surface area contributed by atoms with Crippen molar-refractivity contribution in [3.63, 3.8) is 0 Å². The first-order valence-corrected chi connectivity index (χ1v) is 10.8. The normalized spacial score (nSPS) is 21.1. The molecule has 0 spiro atoms. The highest BCUT2D eigenvalue weighted by Gasteiger charge is 2.49. The smallest absolute Gasteiger partial charge is 0.456 e. The zero-order chi connectivity index (χ0) is 24.3. The van der Waals surface area contributed by atoms with E-state index in [1.807, 2.05) is 12.1 Å². The van der Waals surface area contributed by atoms with Crippen molar-refractivity contribution in [2.45, 2.75) is 84.3 Å². The summed E-state index contributed by atoms with van der Waals surface area (Å²) in [5.74, 6) is -0.556. The highest BCUT2D eigenvalue weighted by Crippen LogP contribution is 2.30. The molecule has 178 valence electrons. The van der Waals surface area contributed by atoms with Crippen molar-refractivity contribution in [3.05, 3.63) is 34.9 Å². The van der Waals surface area contributed by atoms with Crippen LogP contribution in [0, 0.1) is 0 Å². The number of nitrogens with zero attached hydrogens (tertiary/aromatic N) is 1. The van der Waals surface area contributed by atoms with Crippen molar-refractivity contribution in [3.8, 4) is 0 Å². The SMILES string of the molecule is CC(=O)O[C@@H]1[C@@H](OC(=O)OC(C)(C)C)CN(C(=O)OC(C)(C)C)[C@@H]1Cc1ccc(Cl)cc1. The molecule has 1 saturated heterocycles. The molecule has 1 aromatic carbocycles. The zero-order valence-electron chi connectivity index (χ0n) is 19.6. The molecule has 1 aliphatic rings. The first-order valence-electron chi connectivity index (χ1n) is 10.5. The minimum atomic E-state index is -0.918. The maximum Gasteiger partial charge on any atom is 0.509 e. The molecule has 32 heavy (non-hydrogen) atoms. The fraction of sp³-hybridized carbons (Fsp3) is 0.609. The lowest BCUT2D eigenvalue weighted by atomic mass is 10.0. The molecule has 9 heteroatoms. The second-order valence-electron chi connectivity index (χ2n) is 9.73. The second kappa shape index (κ2) is 9.98. The van der Waals surface area contributed by atoms with Gasteiger partial charge >= 0.3 is 18.2 Å². The average Bonchev–Trinajstić information content (AvgIpc) is 2.91. The van der Waals surface area contributed by atoms with Gasteiger partial charge in [0.1, 0.15) is 11.2 Å². The Hall–Kier alpha value is -2.48. The van der Waals surface area contributed by atoms with Gasteiger partial charge in [-0.3, -0.25) is 9.69 Å².